The number of benzene rings is 1. The Bertz CT molecular complexity index is 936. The average molecular weight is 440 g/mol. The second-order valence-corrected chi connectivity index (χ2v) is 8.67. The molecule has 0 saturated carbocycles. The summed E-state index contributed by atoms with van der Waals surface area (Å²) >= 11 is 0. The molecule has 32 heavy (non-hydrogen) atoms. The van der Waals surface area contributed by atoms with Crippen molar-refractivity contribution in [2.75, 3.05) is 56.0 Å². The van der Waals surface area contributed by atoms with Gasteiger partial charge < -0.3 is 15.1 Å². The number of rotatable bonds is 5. The zero-order valence-electron chi connectivity index (χ0n) is 18.5. The van der Waals surface area contributed by atoms with E-state index in [4.69, 9.17) is 0 Å². The number of para-hydroxylation sites is 1. The van der Waals surface area contributed by atoms with Gasteiger partial charge in [0.2, 0.25) is 5.91 Å². The number of likely N-dealkylation sites (tertiary alicyclic amines) is 1. The van der Waals surface area contributed by atoms with Crippen LogP contribution >= 0.6 is 0 Å². The Morgan fingerprint density at radius 1 is 1.03 bits per heavy atom. The molecule has 4 rings (SSSR count). The number of piperidine rings is 1. The molecule has 7 nitrogen and oxygen atoms in total. The number of piperazine rings is 1. The van der Waals surface area contributed by atoms with Gasteiger partial charge in [0.1, 0.15) is 11.6 Å². The molecule has 1 aromatic carbocycles. The van der Waals surface area contributed by atoms with Crippen molar-refractivity contribution < 1.29 is 14.0 Å². The number of hydrogen-bond acceptors (Lipinski definition) is 5. The van der Waals surface area contributed by atoms with Crippen molar-refractivity contribution in [2.45, 2.75) is 19.8 Å². The van der Waals surface area contributed by atoms with E-state index in [-0.39, 0.29) is 24.0 Å². The van der Waals surface area contributed by atoms with E-state index in [1.807, 2.05) is 21.9 Å². The van der Waals surface area contributed by atoms with Crippen molar-refractivity contribution in [1.29, 1.82) is 0 Å². The highest BCUT2D eigenvalue weighted by Crippen LogP contribution is 2.20. The molecule has 0 atom stereocenters. The van der Waals surface area contributed by atoms with Gasteiger partial charge in [-0.2, -0.15) is 0 Å². The summed E-state index contributed by atoms with van der Waals surface area (Å²) in [7, 11) is 0. The number of amides is 2. The van der Waals surface area contributed by atoms with Crippen LogP contribution in [0.5, 0.6) is 0 Å². The maximum atomic E-state index is 13.7. The number of halogens is 1. The standard InChI is InChI=1S/C24H30FN5O2/c1-18-8-10-30(11-9-18)24(32)19-6-7-22(26-16-19)29-14-12-28(13-15-29)17-23(31)27-21-5-3-2-4-20(21)25/h2-7,16,18H,8-15,17H2,1H3,(H,27,31). The van der Waals surface area contributed by atoms with E-state index in [0.29, 0.717) is 24.6 Å². The van der Waals surface area contributed by atoms with Crippen LogP contribution in [-0.2, 0) is 4.79 Å². The third kappa shape index (κ3) is 5.43. The van der Waals surface area contributed by atoms with Crippen LogP contribution in [-0.4, -0.2) is 72.4 Å². The Balaban J connectivity index is 1.25. The Morgan fingerprint density at radius 2 is 1.75 bits per heavy atom. The minimum Gasteiger partial charge on any atom is -0.354 e. The molecule has 1 aromatic heterocycles. The SMILES string of the molecule is CC1CCN(C(=O)c2ccc(N3CCN(CC(=O)Nc4ccccc4F)CC3)nc2)CC1. The summed E-state index contributed by atoms with van der Waals surface area (Å²) in [6.07, 6.45) is 3.78. The highest BCUT2D eigenvalue weighted by Gasteiger charge is 2.23. The average Bonchev–Trinajstić information content (AvgIpc) is 2.81. The monoisotopic (exact) mass is 439 g/mol. The van der Waals surface area contributed by atoms with Gasteiger partial charge in [0.15, 0.2) is 0 Å². The molecule has 2 aliphatic rings. The number of nitrogens with one attached hydrogen (secondary N) is 1. The van der Waals surface area contributed by atoms with Crippen LogP contribution < -0.4 is 10.2 Å². The zero-order valence-corrected chi connectivity index (χ0v) is 18.5. The van der Waals surface area contributed by atoms with Gasteiger partial charge in [0.25, 0.3) is 5.91 Å². The molecule has 0 spiro atoms. The Labute approximate surface area is 188 Å². The minimum atomic E-state index is -0.437. The molecule has 0 unspecified atom stereocenters. The molecular formula is C24H30FN5O2. The molecule has 0 bridgehead atoms. The van der Waals surface area contributed by atoms with Crippen molar-refractivity contribution in [2.24, 2.45) is 5.92 Å². The van der Waals surface area contributed by atoms with Crippen LogP contribution in [0, 0.1) is 11.7 Å². The fraction of sp³-hybridized carbons (Fsp3) is 0.458. The number of carbonyl (C=O) groups is 2. The molecule has 3 heterocycles. The number of pyridine rings is 1. The molecule has 1 N–H and O–H groups in total. The maximum absolute atomic E-state index is 13.7. The van der Waals surface area contributed by atoms with E-state index in [2.05, 4.69) is 22.1 Å². The molecule has 8 heteroatoms. The summed E-state index contributed by atoms with van der Waals surface area (Å²) in [6, 6.07) is 9.92. The molecule has 170 valence electrons. The van der Waals surface area contributed by atoms with Crippen molar-refractivity contribution in [3.8, 4) is 0 Å². The lowest BCUT2D eigenvalue weighted by Gasteiger charge is -2.35. The highest BCUT2D eigenvalue weighted by atomic mass is 19.1. The zero-order chi connectivity index (χ0) is 22.5. The van der Waals surface area contributed by atoms with Crippen LogP contribution in [0.15, 0.2) is 42.6 Å². The third-order valence-electron chi connectivity index (χ3n) is 6.28. The first-order valence-corrected chi connectivity index (χ1v) is 11.3. The first kappa shape index (κ1) is 22.2. The molecule has 0 aliphatic carbocycles. The Hall–Kier alpha value is -3.00. The van der Waals surface area contributed by atoms with Gasteiger partial charge in [-0.1, -0.05) is 19.1 Å². The Morgan fingerprint density at radius 3 is 2.41 bits per heavy atom. The van der Waals surface area contributed by atoms with Gasteiger partial charge in [-0.3, -0.25) is 14.5 Å². The minimum absolute atomic E-state index is 0.0571. The van der Waals surface area contributed by atoms with E-state index in [0.717, 1.165) is 44.8 Å². The summed E-state index contributed by atoms with van der Waals surface area (Å²) in [5, 5.41) is 2.63. The molecule has 0 radical (unpaired) electrons. The number of hydrogen-bond donors (Lipinski definition) is 1. The largest absolute Gasteiger partial charge is 0.354 e. The summed E-state index contributed by atoms with van der Waals surface area (Å²) in [4.78, 5) is 35.6. The first-order chi connectivity index (χ1) is 15.5. The lowest BCUT2D eigenvalue weighted by atomic mass is 9.99. The van der Waals surface area contributed by atoms with Crippen LogP contribution in [0.2, 0.25) is 0 Å². The van der Waals surface area contributed by atoms with Crippen LogP contribution in [0.25, 0.3) is 0 Å². The lowest BCUT2D eigenvalue weighted by molar-refractivity contribution is -0.117. The molecule has 2 aromatic rings. The van der Waals surface area contributed by atoms with Gasteiger partial charge in [-0.15, -0.1) is 0 Å². The van der Waals surface area contributed by atoms with Gasteiger partial charge >= 0.3 is 0 Å². The van der Waals surface area contributed by atoms with E-state index >= 15 is 0 Å². The molecule has 2 aliphatic heterocycles. The van der Waals surface area contributed by atoms with Gasteiger partial charge in [0.05, 0.1) is 17.8 Å². The summed E-state index contributed by atoms with van der Waals surface area (Å²) in [5.74, 6) is 0.917. The van der Waals surface area contributed by atoms with Crippen LogP contribution in [0.1, 0.15) is 30.1 Å². The lowest BCUT2D eigenvalue weighted by Crippen LogP contribution is -2.49. The van der Waals surface area contributed by atoms with Crippen LogP contribution in [0.3, 0.4) is 0 Å². The van der Waals surface area contributed by atoms with Gasteiger partial charge in [-0.25, -0.2) is 9.37 Å². The molecule has 2 saturated heterocycles. The van der Waals surface area contributed by atoms with Crippen molar-refractivity contribution in [3.05, 3.63) is 54.0 Å². The molecule has 2 fully saturated rings. The fourth-order valence-electron chi connectivity index (χ4n) is 4.18. The van der Waals surface area contributed by atoms with Crippen molar-refractivity contribution in [3.63, 3.8) is 0 Å². The number of nitrogens with zero attached hydrogens (tertiary/aromatic N) is 4. The Kier molecular flexibility index (Phi) is 6.99. The van der Waals surface area contributed by atoms with E-state index in [9.17, 15) is 14.0 Å². The highest BCUT2D eigenvalue weighted by molar-refractivity contribution is 5.94. The predicted molar refractivity (Wildman–Crippen MR) is 122 cm³/mol. The summed E-state index contributed by atoms with van der Waals surface area (Å²) in [5.41, 5.74) is 0.834. The van der Waals surface area contributed by atoms with Crippen molar-refractivity contribution in [1.82, 2.24) is 14.8 Å². The van der Waals surface area contributed by atoms with E-state index in [1.165, 1.54) is 6.07 Å². The third-order valence-corrected chi connectivity index (χ3v) is 6.28. The summed E-state index contributed by atoms with van der Waals surface area (Å²) < 4.78 is 13.7. The van der Waals surface area contributed by atoms with Crippen molar-refractivity contribution >= 4 is 23.3 Å². The second-order valence-electron chi connectivity index (χ2n) is 8.67. The first-order valence-electron chi connectivity index (χ1n) is 11.3. The van der Waals surface area contributed by atoms with Gasteiger partial charge in [-0.05, 0) is 43.0 Å². The van der Waals surface area contributed by atoms with Crippen LogP contribution in [0.4, 0.5) is 15.9 Å². The second kappa shape index (κ2) is 10.1. The topological polar surface area (TPSA) is 68.8 Å². The fourth-order valence-corrected chi connectivity index (χ4v) is 4.18. The quantitative estimate of drug-likeness (QED) is 0.776. The maximum Gasteiger partial charge on any atom is 0.255 e. The van der Waals surface area contributed by atoms with E-state index < -0.39 is 5.82 Å². The van der Waals surface area contributed by atoms with Gasteiger partial charge in [0, 0.05) is 45.5 Å². The summed E-state index contributed by atoms with van der Waals surface area (Å²) in [6.45, 7) is 6.96. The smallest absolute Gasteiger partial charge is 0.255 e. The normalized spacial score (nSPS) is 17.9. The van der Waals surface area contributed by atoms with E-state index in [1.54, 1.807) is 24.4 Å². The number of carbonyl (C=O) groups excluding carboxylic acids is 2. The number of anilines is 2. The predicted octanol–water partition coefficient (Wildman–Crippen LogP) is 2.85. The number of aromatic nitrogens is 1. The molecular weight excluding hydrogens is 409 g/mol. The molecule has 2 amide bonds.